The number of hydrogen-bond donors (Lipinski definition) is 2. The van der Waals surface area contributed by atoms with Gasteiger partial charge >= 0.3 is 0 Å². The van der Waals surface area contributed by atoms with E-state index in [0.717, 1.165) is 25.7 Å². The maximum atomic E-state index is 12.6. The topological polar surface area (TPSA) is 71.3 Å². The highest BCUT2D eigenvalue weighted by Crippen LogP contribution is 2.23. The largest absolute Gasteiger partial charge is 0.459 e. The molecule has 1 aromatic heterocycles. The minimum Gasteiger partial charge on any atom is -0.459 e. The molecular formula is C18H19ClN2O3. The van der Waals surface area contributed by atoms with E-state index in [4.69, 9.17) is 16.0 Å². The van der Waals surface area contributed by atoms with Crippen LogP contribution in [0.2, 0.25) is 5.02 Å². The predicted octanol–water partition coefficient (Wildman–Crippen LogP) is 4.25. The van der Waals surface area contributed by atoms with Crippen molar-refractivity contribution >= 4 is 29.1 Å². The lowest BCUT2D eigenvalue weighted by molar-refractivity contribution is 0.0928. The molecule has 0 atom stereocenters. The molecule has 0 unspecified atom stereocenters. The number of benzene rings is 1. The zero-order valence-electron chi connectivity index (χ0n) is 13.2. The van der Waals surface area contributed by atoms with Crippen LogP contribution in [0.1, 0.15) is 53.0 Å². The lowest BCUT2D eigenvalue weighted by atomic mass is 9.95. The second-order valence-electron chi connectivity index (χ2n) is 5.93. The van der Waals surface area contributed by atoms with Crippen molar-refractivity contribution in [3.05, 3.63) is 52.9 Å². The first kappa shape index (κ1) is 16.6. The summed E-state index contributed by atoms with van der Waals surface area (Å²) < 4.78 is 5.07. The minimum atomic E-state index is -0.408. The van der Waals surface area contributed by atoms with E-state index in [0.29, 0.717) is 16.3 Å². The van der Waals surface area contributed by atoms with Crippen LogP contribution in [0, 0.1) is 0 Å². The summed E-state index contributed by atoms with van der Waals surface area (Å²) in [5.41, 5.74) is 0.766. The summed E-state index contributed by atoms with van der Waals surface area (Å²) in [7, 11) is 0. The van der Waals surface area contributed by atoms with Crippen molar-refractivity contribution in [1.82, 2.24) is 5.32 Å². The molecule has 2 aromatic rings. The van der Waals surface area contributed by atoms with Gasteiger partial charge in [0.15, 0.2) is 5.76 Å². The molecule has 1 aliphatic carbocycles. The number of furan rings is 1. The average molecular weight is 347 g/mol. The van der Waals surface area contributed by atoms with Gasteiger partial charge in [-0.3, -0.25) is 9.59 Å². The summed E-state index contributed by atoms with van der Waals surface area (Å²) in [6.45, 7) is 0. The molecule has 6 heteroatoms. The molecule has 1 fully saturated rings. The zero-order valence-corrected chi connectivity index (χ0v) is 13.9. The molecular weight excluding hydrogens is 328 g/mol. The van der Waals surface area contributed by atoms with E-state index in [1.54, 1.807) is 30.3 Å². The third kappa shape index (κ3) is 3.97. The zero-order chi connectivity index (χ0) is 16.9. The monoisotopic (exact) mass is 346 g/mol. The second-order valence-corrected chi connectivity index (χ2v) is 6.37. The highest BCUT2D eigenvalue weighted by Gasteiger charge is 2.20. The second kappa shape index (κ2) is 7.53. The summed E-state index contributed by atoms with van der Waals surface area (Å²) in [6, 6.07) is 8.20. The fourth-order valence-electron chi connectivity index (χ4n) is 2.92. The van der Waals surface area contributed by atoms with Crippen molar-refractivity contribution in [3.63, 3.8) is 0 Å². The maximum absolute atomic E-state index is 12.6. The van der Waals surface area contributed by atoms with Crippen LogP contribution in [0.15, 0.2) is 41.0 Å². The number of hydrogen-bond acceptors (Lipinski definition) is 3. The highest BCUT2D eigenvalue weighted by atomic mass is 35.5. The van der Waals surface area contributed by atoms with E-state index < -0.39 is 5.91 Å². The number of rotatable bonds is 4. The van der Waals surface area contributed by atoms with E-state index in [1.807, 2.05) is 0 Å². The molecule has 24 heavy (non-hydrogen) atoms. The van der Waals surface area contributed by atoms with Gasteiger partial charge in [-0.2, -0.15) is 0 Å². The van der Waals surface area contributed by atoms with Gasteiger partial charge in [0, 0.05) is 11.1 Å². The van der Waals surface area contributed by atoms with Gasteiger partial charge in [-0.05, 0) is 43.2 Å². The van der Waals surface area contributed by atoms with Crippen molar-refractivity contribution < 1.29 is 14.0 Å². The summed E-state index contributed by atoms with van der Waals surface area (Å²) in [4.78, 5) is 24.8. The normalized spacial score (nSPS) is 15.0. The third-order valence-corrected chi connectivity index (χ3v) is 4.39. The Hall–Kier alpha value is -2.27. The van der Waals surface area contributed by atoms with Gasteiger partial charge in [0.2, 0.25) is 0 Å². The van der Waals surface area contributed by atoms with Crippen LogP contribution in [-0.4, -0.2) is 17.9 Å². The molecule has 1 saturated carbocycles. The molecule has 1 heterocycles. The number of anilines is 1. The fraction of sp³-hybridized carbons (Fsp3) is 0.333. The molecule has 0 aliphatic heterocycles. The van der Waals surface area contributed by atoms with Crippen molar-refractivity contribution in [3.8, 4) is 0 Å². The predicted molar refractivity (Wildman–Crippen MR) is 92.5 cm³/mol. The molecule has 1 aliphatic rings. The lowest BCUT2D eigenvalue weighted by Gasteiger charge is -2.23. The van der Waals surface area contributed by atoms with Crippen LogP contribution < -0.4 is 10.6 Å². The van der Waals surface area contributed by atoms with E-state index in [2.05, 4.69) is 10.6 Å². The molecule has 5 nitrogen and oxygen atoms in total. The number of carbonyl (C=O) groups excluding carboxylic acids is 2. The molecule has 1 aromatic carbocycles. The third-order valence-electron chi connectivity index (χ3n) is 4.16. The summed E-state index contributed by atoms with van der Waals surface area (Å²) >= 11 is 6.03. The molecule has 3 rings (SSSR count). The van der Waals surface area contributed by atoms with Gasteiger partial charge in [-0.25, -0.2) is 0 Å². The molecule has 126 valence electrons. The van der Waals surface area contributed by atoms with E-state index in [1.165, 1.54) is 12.7 Å². The molecule has 0 saturated heterocycles. The lowest BCUT2D eigenvalue weighted by Crippen LogP contribution is -2.36. The van der Waals surface area contributed by atoms with Gasteiger partial charge < -0.3 is 15.1 Å². The van der Waals surface area contributed by atoms with Gasteiger partial charge in [-0.1, -0.05) is 30.9 Å². The molecule has 0 radical (unpaired) electrons. The Labute approximate surface area is 145 Å². The van der Waals surface area contributed by atoms with Crippen LogP contribution in [0.3, 0.4) is 0 Å². The maximum Gasteiger partial charge on any atom is 0.291 e. The molecule has 0 bridgehead atoms. The Balaban J connectivity index is 1.77. The first-order chi connectivity index (χ1) is 11.6. The number of amides is 2. The molecule has 0 spiro atoms. The van der Waals surface area contributed by atoms with Crippen molar-refractivity contribution in [2.45, 2.75) is 38.1 Å². The Morgan fingerprint density at radius 2 is 1.88 bits per heavy atom. The smallest absolute Gasteiger partial charge is 0.291 e. The fourth-order valence-corrected chi connectivity index (χ4v) is 3.09. The van der Waals surface area contributed by atoms with Crippen LogP contribution in [0.4, 0.5) is 5.69 Å². The Bertz CT molecular complexity index is 722. The van der Waals surface area contributed by atoms with E-state index in [9.17, 15) is 9.59 Å². The van der Waals surface area contributed by atoms with Gasteiger partial charge in [0.05, 0.1) is 17.5 Å². The van der Waals surface area contributed by atoms with Gasteiger partial charge in [0.25, 0.3) is 11.8 Å². The summed E-state index contributed by atoms with van der Waals surface area (Å²) in [5, 5.41) is 6.19. The Morgan fingerprint density at radius 3 is 2.58 bits per heavy atom. The van der Waals surface area contributed by atoms with Crippen molar-refractivity contribution in [1.29, 1.82) is 0 Å². The highest BCUT2D eigenvalue weighted by molar-refractivity contribution is 6.31. The van der Waals surface area contributed by atoms with Crippen LogP contribution in [0.25, 0.3) is 0 Å². The summed E-state index contributed by atoms with van der Waals surface area (Å²) in [5.74, 6) is -0.447. The van der Waals surface area contributed by atoms with Crippen molar-refractivity contribution in [2.24, 2.45) is 0 Å². The van der Waals surface area contributed by atoms with Gasteiger partial charge in [-0.15, -0.1) is 0 Å². The van der Waals surface area contributed by atoms with E-state index >= 15 is 0 Å². The minimum absolute atomic E-state index is 0.179. The quantitative estimate of drug-likeness (QED) is 0.869. The van der Waals surface area contributed by atoms with Crippen molar-refractivity contribution in [2.75, 3.05) is 5.32 Å². The Kier molecular flexibility index (Phi) is 5.20. The van der Waals surface area contributed by atoms with Crippen LogP contribution >= 0.6 is 11.6 Å². The van der Waals surface area contributed by atoms with Crippen LogP contribution in [0.5, 0.6) is 0 Å². The summed E-state index contributed by atoms with van der Waals surface area (Å²) in [6.07, 6.45) is 6.87. The average Bonchev–Trinajstić information content (AvgIpc) is 3.12. The number of carbonyl (C=O) groups is 2. The molecule has 2 amide bonds. The number of nitrogens with one attached hydrogen (secondary N) is 2. The Morgan fingerprint density at radius 1 is 1.08 bits per heavy atom. The SMILES string of the molecule is O=C(Nc1ccc(Cl)cc1C(=O)NC1CCCCC1)c1ccco1. The van der Waals surface area contributed by atoms with E-state index in [-0.39, 0.29) is 17.7 Å². The first-order valence-electron chi connectivity index (χ1n) is 8.09. The number of halogens is 1. The van der Waals surface area contributed by atoms with Gasteiger partial charge in [0.1, 0.15) is 0 Å². The standard InChI is InChI=1S/C18H19ClN2O3/c19-12-8-9-15(21-18(23)16-7-4-10-24-16)14(11-12)17(22)20-13-5-2-1-3-6-13/h4,7-11,13H,1-3,5-6H2,(H,20,22)(H,21,23). The first-order valence-corrected chi connectivity index (χ1v) is 8.46. The van der Waals surface area contributed by atoms with Crippen LogP contribution in [-0.2, 0) is 0 Å². The molecule has 2 N–H and O–H groups in total.